The van der Waals surface area contributed by atoms with Crippen LogP contribution in [0.4, 0.5) is 5.69 Å². The smallest absolute Gasteiger partial charge is 0.251 e. The fourth-order valence-corrected chi connectivity index (χ4v) is 2.61. The van der Waals surface area contributed by atoms with Crippen molar-refractivity contribution in [1.29, 1.82) is 0 Å². The Kier molecular flexibility index (Phi) is 9.01. The second-order valence-electron chi connectivity index (χ2n) is 6.37. The van der Waals surface area contributed by atoms with Crippen LogP contribution in [0.15, 0.2) is 54.6 Å². The predicted octanol–water partition coefficient (Wildman–Crippen LogP) is 3.29. The second-order valence-corrected chi connectivity index (χ2v) is 6.78. The average molecular weight is 412 g/mol. The first kappa shape index (κ1) is 22.3. The van der Waals surface area contributed by atoms with E-state index in [9.17, 15) is 9.59 Å². The van der Waals surface area contributed by atoms with Crippen molar-refractivity contribution < 1.29 is 14.3 Å². The zero-order valence-electron chi connectivity index (χ0n) is 16.5. The molecule has 0 aliphatic carbocycles. The summed E-state index contributed by atoms with van der Waals surface area (Å²) >= 11 is 5.16. The molecule has 2 amide bonds. The average Bonchev–Trinajstić information content (AvgIpc) is 2.71. The van der Waals surface area contributed by atoms with Crippen molar-refractivity contribution in [3.8, 4) is 0 Å². The molecule has 2 rings (SSSR count). The van der Waals surface area contributed by atoms with Gasteiger partial charge in [-0.1, -0.05) is 29.8 Å². The first-order valence-electron chi connectivity index (χ1n) is 9.22. The summed E-state index contributed by atoms with van der Waals surface area (Å²) in [5.41, 5.74) is 3.31. The van der Waals surface area contributed by atoms with Gasteiger partial charge in [-0.05, 0) is 61.5 Å². The van der Waals surface area contributed by atoms with Crippen LogP contribution in [0, 0.1) is 6.92 Å². The monoisotopic (exact) mass is 411 g/mol. The Morgan fingerprint density at radius 1 is 1.07 bits per heavy atom. The normalized spacial score (nSPS) is 10.6. The van der Waals surface area contributed by atoms with Crippen molar-refractivity contribution in [2.75, 3.05) is 25.6 Å². The molecule has 0 atom stereocenters. The number of aryl methyl sites for hydroxylation is 1. The van der Waals surface area contributed by atoms with E-state index in [2.05, 4.69) is 16.0 Å². The zero-order valence-corrected chi connectivity index (χ0v) is 17.3. The first-order chi connectivity index (χ1) is 14.0. The molecule has 0 fully saturated rings. The summed E-state index contributed by atoms with van der Waals surface area (Å²) in [4.78, 5) is 24.0. The first-order valence-corrected chi connectivity index (χ1v) is 9.62. The van der Waals surface area contributed by atoms with Crippen LogP contribution in [-0.2, 0) is 9.53 Å². The van der Waals surface area contributed by atoms with Crippen LogP contribution in [-0.4, -0.2) is 37.2 Å². The number of thiocarbonyl (C=S) groups is 1. The van der Waals surface area contributed by atoms with Crippen LogP contribution in [0.25, 0.3) is 6.08 Å². The highest BCUT2D eigenvalue weighted by molar-refractivity contribution is 7.80. The molecule has 0 aliphatic heterocycles. The van der Waals surface area contributed by atoms with E-state index < -0.39 is 0 Å². The van der Waals surface area contributed by atoms with Gasteiger partial charge in [0.05, 0.1) is 0 Å². The van der Waals surface area contributed by atoms with Crippen LogP contribution in [0.3, 0.4) is 0 Å². The van der Waals surface area contributed by atoms with Gasteiger partial charge < -0.3 is 15.4 Å². The number of ether oxygens (including phenoxy) is 1. The van der Waals surface area contributed by atoms with E-state index in [0.717, 1.165) is 17.5 Å². The number of benzene rings is 2. The van der Waals surface area contributed by atoms with E-state index in [-0.39, 0.29) is 16.9 Å². The number of carbonyl (C=O) groups is 2. The highest BCUT2D eigenvalue weighted by Crippen LogP contribution is 2.10. The Balaban J connectivity index is 1.80. The minimum atomic E-state index is -0.324. The van der Waals surface area contributed by atoms with E-state index in [0.29, 0.717) is 24.4 Å². The van der Waals surface area contributed by atoms with Crippen molar-refractivity contribution in [2.24, 2.45) is 0 Å². The Labute approximate surface area is 176 Å². The molecule has 6 nitrogen and oxygen atoms in total. The molecule has 0 aliphatic rings. The van der Waals surface area contributed by atoms with Gasteiger partial charge in [0.15, 0.2) is 5.11 Å². The lowest BCUT2D eigenvalue weighted by Crippen LogP contribution is -2.32. The van der Waals surface area contributed by atoms with Crippen LogP contribution in [0.1, 0.15) is 27.9 Å². The molecule has 0 heterocycles. The maximum Gasteiger partial charge on any atom is 0.251 e. The number of nitrogens with one attached hydrogen (secondary N) is 3. The lowest BCUT2D eigenvalue weighted by Gasteiger charge is -2.09. The fraction of sp³-hybridized carbons (Fsp3) is 0.227. The maximum atomic E-state index is 12.0. The third-order valence-electron chi connectivity index (χ3n) is 3.96. The number of anilines is 1. The number of rotatable bonds is 8. The molecule has 0 radical (unpaired) electrons. The van der Waals surface area contributed by atoms with Crippen LogP contribution < -0.4 is 16.0 Å². The Morgan fingerprint density at radius 3 is 2.41 bits per heavy atom. The molecule has 0 aromatic heterocycles. The summed E-state index contributed by atoms with van der Waals surface area (Å²) in [6, 6.07) is 14.7. The van der Waals surface area contributed by atoms with Crippen molar-refractivity contribution >= 4 is 40.9 Å². The highest BCUT2D eigenvalue weighted by Gasteiger charge is 2.06. The number of carbonyl (C=O) groups excluding carboxylic acids is 2. The number of hydrogen-bond acceptors (Lipinski definition) is 4. The number of methoxy groups -OCH3 is 1. The Hall–Kier alpha value is -3.03. The van der Waals surface area contributed by atoms with Crippen LogP contribution in [0.5, 0.6) is 0 Å². The quantitative estimate of drug-likeness (QED) is 0.353. The third kappa shape index (κ3) is 8.25. The van der Waals surface area contributed by atoms with E-state index in [1.54, 1.807) is 37.5 Å². The SMILES string of the molecule is COCCCNC(=O)c1ccc(NC(=S)NC(=O)/C=C/c2ccc(C)cc2)cc1. The molecule has 0 saturated heterocycles. The van der Waals surface area contributed by atoms with Crippen LogP contribution in [0.2, 0.25) is 0 Å². The number of hydrogen-bond donors (Lipinski definition) is 3. The molecule has 2 aromatic carbocycles. The maximum absolute atomic E-state index is 12.0. The zero-order chi connectivity index (χ0) is 21.1. The van der Waals surface area contributed by atoms with Gasteiger partial charge >= 0.3 is 0 Å². The molecular weight excluding hydrogens is 386 g/mol. The van der Waals surface area contributed by atoms with Gasteiger partial charge in [0.25, 0.3) is 5.91 Å². The molecule has 29 heavy (non-hydrogen) atoms. The molecule has 0 spiro atoms. The molecule has 0 bridgehead atoms. The fourth-order valence-electron chi connectivity index (χ4n) is 2.39. The van der Waals surface area contributed by atoms with Gasteiger partial charge in [-0.15, -0.1) is 0 Å². The van der Waals surface area contributed by atoms with E-state index in [1.165, 1.54) is 6.08 Å². The third-order valence-corrected chi connectivity index (χ3v) is 4.16. The van der Waals surface area contributed by atoms with Gasteiger partial charge in [0.1, 0.15) is 0 Å². The van der Waals surface area contributed by atoms with Gasteiger partial charge in [0, 0.05) is 37.6 Å². The summed E-state index contributed by atoms with van der Waals surface area (Å²) in [6.07, 6.45) is 3.90. The summed E-state index contributed by atoms with van der Waals surface area (Å²) in [5, 5.41) is 8.51. The number of amides is 2. The molecule has 0 saturated carbocycles. The van der Waals surface area contributed by atoms with E-state index in [4.69, 9.17) is 17.0 Å². The molecule has 7 heteroatoms. The Bertz CT molecular complexity index is 862. The molecule has 3 N–H and O–H groups in total. The van der Waals surface area contributed by atoms with Crippen LogP contribution >= 0.6 is 12.2 Å². The molecular formula is C22H25N3O3S. The van der Waals surface area contributed by atoms with Gasteiger partial charge in [-0.25, -0.2) is 0 Å². The Morgan fingerprint density at radius 2 is 1.76 bits per heavy atom. The standard InChI is InChI=1S/C22H25N3O3S/c1-16-4-6-17(7-5-16)8-13-20(26)25-22(29)24-19-11-9-18(10-12-19)21(27)23-14-3-15-28-2/h4-13H,3,14-15H2,1-2H3,(H,23,27)(H2,24,25,26,29)/b13-8+. The highest BCUT2D eigenvalue weighted by atomic mass is 32.1. The van der Waals surface area contributed by atoms with Crippen molar-refractivity contribution in [1.82, 2.24) is 10.6 Å². The van der Waals surface area contributed by atoms with Crippen molar-refractivity contribution in [2.45, 2.75) is 13.3 Å². The summed E-state index contributed by atoms with van der Waals surface area (Å²) in [7, 11) is 1.63. The summed E-state index contributed by atoms with van der Waals surface area (Å²) in [5.74, 6) is -0.472. The van der Waals surface area contributed by atoms with E-state index in [1.807, 2.05) is 31.2 Å². The van der Waals surface area contributed by atoms with Crippen molar-refractivity contribution in [3.05, 3.63) is 71.3 Å². The minimum absolute atomic E-state index is 0.148. The minimum Gasteiger partial charge on any atom is -0.385 e. The molecule has 0 unspecified atom stereocenters. The summed E-state index contributed by atoms with van der Waals surface area (Å²) < 4.78 is 4.95. The summed E-state index contributed by atoms with van der Waals surface area (Å²) in [6.45, 7) is 3.16. The molecule has 2 aromatic rings. The van der Waals surface area contributed by atoms with Gasteiger partial charge in [0.2, 0.25) is 5.91 Å². The van der Waals surface area contributed by atoms with Gasteiger partial charge in [-0.2, -0.15) is 0 Å². The van der Waals surface area contributed by atoms with E-state index >= 15 is 0 Å². The molecule has 152 valence electrons. The lowest BCUT2D eigenvalue weighted by molar-refractivity contribution is -0.115. The predicted molar refractivity (Wildman–Crippen MR) is 120 cm³/mol. The second kappa shape index (κ2) is 11.7. The van der Waals surface area contributed by atoms with Crippen molar-refractivity contribution in [3.63, 3.8) is 0 Å². The lowest BCUT2D eigenvalue weighted by atomic mass is 10.1. The van der Waals surface area contributed by atoms with Gasteiger partial charge in [-0.3, -0.25) is 14.9 Å². The topological polar surface area (TPSA) is 79.5 Å². The largest absolute Gasteiger partial charge is 0.385 e.